The molecule has 1 N–H and O–H groups in total. The fourth-order valence-electron chi connectivity index (χ4n) is 1.36. The Labute approximate surface area is 129 Å². The SMILES string of the molecule is C[Si](C)(C)OC(=O)c1ccc(NC(=O)C(F)(F)C(F)(F)F)cc1. The summed E-state index contributed by atoms with van der Waals surface area (Å²) in [6.07, 6.45) is -5.99. The number of hydrogen-bond acceptors (Lipinski definition) is 3. The van der Waals surface area contributed by atoms with Crippen molar-refractivity contribution < 1.29 is 36.0 Å². The quantitative estimate of drug-likeness (QED) is 0.660. The molecule has 0 bridgehead atoms. The molecule has 0 saturated carbocycles. The average Bonchev–Trinajstić information content (AvgIpc) is 2.36. The van der Waals surface area contributed by atoms with Gasteiger partial charge in [0.2, 0.25) is 8.32 Å². The Morgan fingerprint density at radius 3 is 1.87 bits per heavy atom. The first-order valence-electron chi connectivity index (χ1n) is 6.33. The number of carbonyl (C=O) groups excluding carboxylic acids is 2. The van der Waals surface area contributed by atoms with Crippen LogP contribution in [0.25, 0.3) is 0 Å². The van der Waals surface area contributed by atoms with Gasteiger partial charge in [-0.3, -0.25) is 4.79 Å². The summed E-state index contributed by atoms with van der Waals surface area (Å²) in [5.41, 5.74) is -0.212. The van der Waals surface area contributed by atoms with E-state index in [4.69, 9.17) is 4.43 Å². The molecule has 0 heterocycles. The molecule has 4 nitrogen and oxygen atoms in total. The topological polar surface area (TPSA) is 55.4 Å². The van der Waals surface area contributed by atoms with Crippen LogP contribution >= 0.6 is 0 Å². The minimum Gasteiger partial charge on any atom is -0.516 e. The third-order valence-corrected chi connectivity index (χ3v) is 3.22. The highest BCUT2D eigenvalue weighted by molar-refractivity contribution is 6.71. The van der Waals surface area contributed by atoms with Gasteiger partial charge in [-0.1, -0.05) is 0 Å². The van der Waals surface area contributed by atoms with Crippen molar-refractivity contribution in [2.75, 3.05) is 5.32 Å². The normalized spacial score (nSPS) is 12.7. The summed E-state index contributed by atoms with van der Waals surface area (Å²) in [5.74, 6) is -8.65. The Balaban J connectivity index is 2.83. The van der Waals surface area contributed by atoms with Crippen LogP contribution in [0.5, 0.6) is 0 Å². The lowest BCUT2D eigenvalue weighted by Crippen LogP contribution is -2.47. The van der Waals surface area contributed by atoms with E-state index in [1.54, 1.807) is 19.6 Å². The zero-order chi connectivity index (χ0) is 18.1. The van der Waals surface area contributed by atoms with Crippen molar-refractivity contribution in [3.63, 3.8) is 0 Å². The fourth-order valence-corrected chi connectivity index (χ4v) is 2.04. The average molecular weight is 355 g/mol. The molecule has 0 unspecified atom stereocenters. The Hall–Kier alpha value is -1.97. The maximum absolute atomic E-state index is 12.8. The molecule has 1 aromatic carbocycles. The van der Waals surface area contributed by atoms with Gasteiger partial charge in [0, 0.05) is 5.69 Å². The van der Waals surface area contributed by atoms with Gasteiger partial charge in [-0.2, -0.15) is 22.0 Å². The zero-order valence-electron chi connectivity index (χ0n) is 12.4. The number of hydrogen-bond donors (Lipinski definition) is 1. The maximum atomic E-state index is 12.8. The standard InChI is InChI=1S/C13H14F5NO3Si/c1-23(2,3)22-10(20)8-4-6-9(7-5-8)19-11(21)12(14,15)13(16,17)18/h4-7H,1-3H3,(H,19,21). The van der Waals surface area contributed by atoms with E-state index in [-0.39, 0.29) is 11.3 Å². The van der Waals surface area contributed by atoms with E-state index in [0.29, 0.717) is 0 Å². The van der Waals surface area contributed by atoms with Crippen LogP contribution in [0.4, 0.5) is 27.6 Å². The molecule has 0 aliphatic carbocycles. The molecule has 23 heavy (non-hydrogen) atoms. The molecule has 1 rings (SSSR count). The number of anilines is 1. The highest BCUT2D eigenvalue weighted by Gasteiger charge is 2.63. The summed E-state index contributed by atoms with van der Waals surface area (Å²) >= 11 is 0. The predicted octanol–water partition coefficient (Wildman–Crippen LogP) is 3.81. The molecule has 10 heteroatoms. The summed E-state index contributed by atoms with van der Waals surface area (Å²) in [4.78, 5) is 22.8. The van der Waals surface area contributed by atoms with Gasteiger partial charge in [-0.15, -0.1) is 0 Å². The van der Waals surface area contributed by atoms with E-state index in [1.165, 1.54) is 5.32 Å². The second-order valence-electron chi connectivity index (χ2n) is 5.61. The summed E-state index contributed by atoms with van der Waals surface area (Å²) in [6, 6.07) is 4.38. The molecule has 0 radical (unpaired) electrons. The van der Waals surface area contributed by atoms with Gasteiger partial charge < -0.3 is 9.74 Å². The van der Waals surface area contributed by atoms with Crippen molar-refractivity contribution >= 4 is 25.9 Å². The van der Waals surface area contributed by atoms with Crippen molar-refractivity contribution in [2.45, 2.75) is 31.7 Å². The third kappa shape index (κ3) is 5.01. The molecule has 1 amide bonds. The van der Waals surface area contributed by atoms with Gasteiger partial charge in [0.1, 0.15) is 0 Å². The zero-order valence-corrected chi connectivity index (χ0v) is 13.4. The third-order valence-electron chi connectivity index (χ3n) is 2.42. The Morgan fingerprint density at radius 2 is 1.48 bits per heavy atom. The van der Waals surface area contributed by atoms with Crippen molar-refractivity contribution in [3.8, 4) is 0 Å². The summed E-state index contributed by atoms with van der Waals surface area (Å²) in [6.45, 7) is 5.33. The predicted molar refractivity (Wildman–Crippen MR) is 74.8 cm³/mol. The number of rotatable bonds is 4. The molecule has 0 atom stereocenters. The first-order chi connectivity index (χ1) is 10.2. The number of nitrogens with one attached hydrogen (secondary N) is 1. The van der Waals surface area contributed by atoms with Crippen LogP contribution in [0.2, 0.25) is 19.6 Å². The van der Waals surface area contributed by atoms with E-state index in [0.717, 1.165) is 24.3 Å². The number of amides is 1. The van der Waals surface area contributed by atoms with Crippen LogP contribution in [0.15, 0.2) is 24.3 Å². The van der Waals surface area contributed by atoms with Gasteiger partial charge in [-0.05, 0) is 43.9 Å². The number of benzene rings is 1. The molecule has 0 saturated heterocycles. The van der Waals surface area contributed by atoms with E-state index >= 15 is 0 Å². The molecule has 1 aromatic rings. The fraction of sp³-hybridized carbons (Fsp3) is 0.385. The molecule has 0 aliphatic rings. The van der Waals surface area contributed by atoms with E-state index in [2.05, 4.69) is 0 Å². The number of carbonyl (C=O) groups is 2. The van der Waals surface area contributed by atoms with Gasteiger partial charge in [0.05, 0.1) is 5.56 Å². The summed E-state index contributed by atoms with van der Waals surface area (Å²) < 4.78 is 66.9. The van der Waals surface area contributed by atoms with Crippen LogP contribution in [-0.2, 0) is 9.22 Å². The summed E-state index contributed by atoms with van der Waals surface area (Å²) in [5, 5.41) is 1.45. The van der Waals surface area contributed by atoms with Crippen LogP contribution in [-0.4, -0.2) is 32.3 Å². The van der Waals surface area contributed by atoms with Crippen LogP contribution < -0.4 is 5.32 Å². The van der Waals surface area contributed by atoms with Gasteiger partial charge in [0.25, 0.3) is 0 Å². The number of alkyl halides is 5. The van der Waals surface area contributed by atoms with Crippen LogP contribution in [0.3, 0.4) is 0 Å². The molecule has 0 fully saturated rings. The minimum atomic E-state index is -5.99. The van der Waals surface area contributed by atoms with Crippen molar-refractivity contribution in [2.24, 2.45) is 0 Å². The first kappa shape index (κ1) is 19.1. The molecular weight excluding hydrogens is 341 g/mol. The highest BCUT2D eigenvalue weighted by Crippen LogP contribution is 2.36. The molecule has 0 spiro atoms. The maximum Gasteiger partial charge on any atom is 0.463 e. The minimum absolute atomic E-state index is 0.0907. The molecular formula is C13H14F5NO3Si. The van der Waals surface area contributed by atoms with Crippen molar-refractivity contribution in [1.82, 2.24) is 0 Å². The highest BCUT2D eigenvalue weighted by atomic mass is 28.4. The smallest absolute Gasteiger partial charge is 0.463 e. The lowest BCUT2D eigenvalue weighted by molar-refractivity contribution is -0.267. The Bertz CT molecular complexity index is 593. The van der Waals surface area contributed by atoms with Crippen LogP contribution in [0.1, 0.15) is 10.4 Å². The van der Waals surface area contributed by atoms with Crippen molar-refractivity contribution in [1.29, 1.82) is 0 Å². The van der Waals surface area contributed by atoms with Crippen LogP contribution in [0, 0.1) is 0 Å². The van der Waals surface area contributed by atoms with Gasteiger partial charge in [0.15, 0.2) is 0 Å². The summed E-state index contributed by atoms with van der Waals surface area (Å²) in [7, 11) is -2.13. The number of halogens is 5. The lowest BCUT2D eigenvalue weighted by Gasteiger charge is -2.19. The van der Waals surface area contributed by atoms with Gasteiger partial charge >= 0.3 is 24.0 Å². The van der Waals surface area contributed by atoms with E-state index in [1.807, 2.05) is 0 Å². The van der Waals surface area contributed by atoms with Crippen molar-refractivity contribution in [3.05, 3.63) is 29.8 Å². The molecule has 0 aliphatic heterocycles. The molecule has 0 aromatic heterocycles. The lowest BCUT2D eigenvalue weighted by atomic mass is 10.2. The van der Waals surface area contributed by atoms with E-state index < -0.39 is 32.3 Å². The Kier molecular flexibility index (Phi) is 5.19. The second-order valence-corrected chi connectivity index (χ2v) is 10.0. The second kappa shape index (κ2) is 6.26. The monoisotopic (exact) mass is 355 g/mol. The first-order valence-corrected chi connectivity index (χ1v) is 9.74. The largest absolute Gasteiger partial charge is 0.516 e. The van der Waals surface area contributed by atoms with Gasteiger partial charge in [-0.25, -0.2) is 4.79 Å². The Morgan fingerprint density at radius 1 is 1.00 bits per heavy atom. The molecule has 128 valence electrons. The van der Waals surface area contributed by atoms with E-state index in [9.17, 15) is 31.5 Å².